The summed E-state index contributed by atoms with van der Waals surface area (Å²) in [6.07, 6.45) is 1.74. The summed E-state index contributed by atoms with van der Waals surface area (Å²) in [5.41, 5.74) is 1.31. The van der Waals surface area contributed by atoms with Crippen LogP contribution in [-0.4, -0.2) is 68.2 Å². The monoisotopic (exact) mass is 477 g/mol. The van der Waals surface area contributed by atoms with Crippen molar-refractivity contribution in [2.45, 2.75) is 37.8 Å². The van der Waals surface area contributed by atoms with Crippen molar-refractivity contribution in [1.29, 1.82) is 0 Å². The third-order valence-corrected chi connectivity index (χ3v) is 6.23. The predicted molar refractivity (Wildman–Crippen MR) is 124 cm³/mol. The van der Waals surface area contributed by atoms with Gasteiger partial charge in [0.2, 0.25) is 0 Å². The number of hydrogen-bond acceptors (Lipinski definition) is 5. The maximum Gasteiger partial charge on any atom is 0.317 e. The summed E-state index contributed by atoms with van der Waals surface area (Å²) in [4.78, 5) is 20.5. The minimum atomic E-state index is -2.82. The van der Waals surface area contributed by atoms with Crippen molar-refractivity contribution in [3.8, 4) is 5.75 Å². The quantitative estimate of drug-likeness (QED) is 0.680. The molecule has 0 saturated carbocycles. The van der Waals surface area contributed by atoms with Crippen LogP contribution in [0.5, 0.6) is 5.75 Å². The van der Waals surface area contributed by atoms with E-state index in [9.17, 15) is 13.6 Å². The minimum absolute atomic E-state index is 0.0230. The van der Waals surface area contributed by atoms with Gasteiger partial charge in [-0.25, -0.2) is 22.9 Å². The Balaban J connectivity index is 1.36. The van der Waals surface area contributed by atoms with E-state index in [1.807, 2.05) is 36.1 Å². The van der Waals surface area contributed by atoms with Crippen LogP contribution in [0, 0.1) is 5.82 Å². The maximum atomic E-state index is 15.2. The molecule has 2 saturated heterocycles. The van der Waals surface area contributed by atoms with Crippen molar-refractivity contribution in [3.05, 3.63) is 47.9 Å². The number of nitrogens with one attached hydrogen (secondary N) is 1. The average Bonchev–Trinajstić information content (AvgIpc) is 3.40. The topological polar surface area (TPSA) is 60.9 Å². The molecule has 2 amide bonds. The second kappa shape index (κ2) is 9.60. The SMILES string of the molecule is C[C@H](NC(=O)N(C)C)c1ccc(OC2CCN(c3ccnc(N4CCC(F)(F)C4)c3F)C2)cc1. The molecule has 184 valence electrons. The summed E-state index contributed by atoms with van der Waals surface area (Å²) < 4.78 is 48.4. The van der Waals surface area contributed by atoms with E-state index in [2.05, 4.69) is 10.3 Å². The van der Waals surface area contributed by atoms with E-state index in [1.54, 1.807) is 20.2 Å². The highest BCUT2D eigenvalue weighted by Gasteiger charge is 2.40. The van der Waals surface area contributed by atoms with E-state index >= 15 is 4.39 Å². The van der Waals surface area contributed by atoms with Crippen molar-refractivity contribution in [1.82, 2.24) is 15.2 Å². The van der Waals surface area contributed by atoms with Crippen molar-refractivity contribution in [2.75, 3.05) is 50.1 Å². The van der Waals surface area contributed by atoms with Gasteiger partial charge in [-0.2, -0.15) is 0 Å². The number of pyridine rings is 1. The number of amides is 2. The third-order valence-electron chi connectivity index (χ3n) is 6.23. The lowest BCUT2D eigenvalue weighted by Crippen LogP contribution is -2.36. The van der Waals surface area contributed by atoms with Gasteiger partial charge in [-0.05, 0) is 30.7 Å². The lowest BCUT2D eigenvalue weighted by molar-refractivity contribution is 0.0256. The Kier molecular flexibility index (Phi) is 6.77. The predicted octanol–water partition coefficient (Wildman–Crippen LogP) is 4.06. The van der Waals surface area contributed by atoms with E-state index in [0.29, 0.717) is 30.9 Å². The number of hydrogen-bond donors (Lipinski definition) is 1. The van der Waals surface area contributed by atoms with Crippen LogP contribution in [0.2, 0.25) is 0 Å². The number of urea groups is 1. The Morgan fingerprint density at radius 1 is 1.21 bits per heavy atom. The lowest BCUT2D eigenvalue weighted by atomic mass is 10.1. The van der Waals surface area contributed by atoms with Crippen LogP contribution in [0.1, 0.15) is 31.4 Å². The number of halogens is 3. The molecule has 0 bridgehead atoms. The highest BCUT2D eigenvalue weighted by Crippen LogP contribution is 2.35. The van der Waals surface area contributed by atoms with Crippen molar-refractivity contribution < 1.29 is 22.7 Å². The van der Waals surface area contributed by atoms with Gasteiger partial charge in [-0.15, -0.1) is 0 Å². The van der Waals surface area contributed by atoms with E-state index in [1.165, 1.54) is 16.0 Å². The Morgan fingerprint density at radius 2 is 1.94 bits per heavy atom. The summed E-state index contributed by atoms with van der Waals surface area (Å²) in [5.74, 6) is -2.72. The van der Waals surface area contributed by atoms with Crippen molar-refractivity contribution in [2.24, 2.45) is 0 Å². The largest absolute Gasteiger partial charge is 0.489 e. The molecule has 2 fully saturated rings. The minimum Gasteiger partial charge on any atom is -0.489 e. The van der Waals surface area contributed by atoms with Gasteiger partial charge < -0.3 is 24.8 Å². The number of aromatic nitrogens is 1. The Labute approximate surface area is 197 Å². The number of benzene rings is 1. The Bertz CT molecular complexity index is 1020. The summed E-state index contributed by atoms with van der Waals surface area (Å²) in [7, 11) is 3.38. The first-order valence-corrected chi connectivity index (χ1v) is 11.4. The molecule has 10 heteroatoms. The molecule has 1 N–H and O–H groups in total. The zero-order valence-corrected chi connectivity index (χ0v) is 19.6. The first-order chi connectivity index (χ1) is 16.1. The average molecular weight is 478 g/mol. The van der Waals surface area contributed by atoms with Gasteiger partial charge >= 0.3 is 6.03 Å². The molecule has 0 radical (unpaired) electrons. The standard InChI is InChI=1S/C24H30F3N5O2/c1-16(29-23(33)30(2)3)17-4-6-18(7-5-17)34-19-9-12-31(14-19)20-8-11-28-22(21(20)25)32-13-10-24(26,27)15-32/h4-8,11,16,19H,9-10,12-15H2,1-3H3,(H,29,33)/t16-,19?/m0/s1. The van der Waals surface area contributed by atoms with Crippen LogP contribution >= 0.6 is 0 Å². The molecule has 3 heterocycles. The molecule has 7 nitrogen and oxygen atoms in total. The molecule has 1 unspecified atom stereocenters. The van der Waals surface area contributed by atoms with Crippen LogP contribution in [0.15, 0.2) is 36.5 Å². The molecule has 0 spiro atoms. The highest BCUT2D eigenvalue weighted by molar-refractivity contribution is 5.74. The molecule has 1 aromatic heterocycles. The second-order valence-corrected chi connectivity index (χ2v) is 9.10. The Hall–Kier alpha value is -3.17. The fourth-order valence-electron chi connectivity index (χ4n) is 4.27. The number of alkyl halides is 2. The maximum absolute atomic E-state index is 15.2. The molecule has 2 aliphatic heterocycles. The zero-order valence-electron chi connectivity index (χ0n) is 19.6. The number of anilines is 2. The second-order valence-electron chi connectivity index (χ2n) is 9.10. The lowest BCUT2D eigenvalue weighted by Gasteiger charge is -2.23. The van der Waals surface area contributed by atoms with Gasteiger partial charge in [0.05, 0.1) is 24.8 Å². The van der Waals surface area contributed by atoms with Gasteiger partial charge in [0.15, 0.2) is 11.6 Å². The highest BCUT2D eigenvalue weighted by atomic mass is 19.3. The fraction of sp³-hybridized carbons (Fsp3) is 0.500. The summed E-state index contributed by atoms with van der Waals surface area (Å²) >= 11 is 0. The number of carbonyl (C=O) groups excluding carboxylic acids is 1. The summed E-state index contributed by atoms with van der Waals surface area (Å²) in [6.45, 7) is 2.55. The normalized spacial score (nSPS) is 20.4. The van der Waals surface area contributed by atoms with Crippen LogP contribution in [0.3, 0.4) is 0 Å². The summed E-state index contributed by atoms with van der Waals surface area (Å²) in [6, 6.07) is 8.79. The molecule has 2 aromatic rings. The van der Waals surface area contributed by atoms with Gasteiger partial charge in [0.1, 0.15) is 11.9 Å². The van der Waals surface area contributed by atoms with Crippen molar-refractivity contribution >= 4 is 17.5 Å². The van der Waals surface area contributed by atoms with Crippen LogP contribution in [0.4, 0.5) is 29.5 Å². The molecule has 0 aliphatic carbocycles. The van der Waals surface area contributed by atoms with E-state index in [4.69, 9.17) is 4.74 Å². The van der Waals surface area contributed by atoms with Gasteiger partial charge in [-0.3, -0.25) is 0 Å². The summed E-state index contributed by atoms with van der Waals surface area (Å²) in [5, 5.41) is 2.90. The van der Waals surface area contributed by atoms with Gasteiger partial charge in [-0.1, -0.05) is 12.1 Å². The third kappa shape index (κ3) is 5.31. The number of rotatable bonds is 6. The van der Waals surface area contributed by atoms with Crippen LogP contribution in [-0.2, 0) is 0 Å². The van der Waals surface area contributed by atoms with E-state index in [-0.39, 0.29) is 37.0 Å². The fourth-order valence-corrected chi connectivity index (χ4v) is 4.27. The van der Waals surface area contributed by atoms with E-state index in [0.717, 1.165) is 5.56 Å². The molecular weight excluding hydrogens is 447 g/mol. The molecule has 4 rings (SSSR count). The molecule has 2 atom stereocenters. The molecular formula is C24H30F3N5O2. The van der Waals surface area contributed by atoms with Crippen LogP contribution < -0.4 is 19.9 Å². The first kappa shape index (κ1) is 24.0. The molecule has 1 aromatic carbocycles. The molecule has 2 aliphatic rings. The smallest absolute Gasteiger partial charge is 0.317 e. The van der Waals surface area contributed by atoms with Crippen molar-refractivity contribution in [3.63, 3.8) is 0 Å². The van der Waals surface area contributed by atoms with E-state index < -0.39 is 18.3 Å². The zero-order chi connectivity index (χ0) is 24.5. The Morgan fingerprint density at radius 3 is 2.59 bits per heavy atom. The number of nitrogens with zero attached hydrogens (tertiary/aromatic N) is 4. The molecule has 34 heavy (non-hydrogen) atoms. The van der Waals surface area contributed by atoms with Crippen LogP contribution in [0.25, 0.3) is 0 Å². The van der Waals surface area contributed by atoms with Gasteiger partial charge in [0.25, 0.3) is 5.92 Å². The van der Waals surface area contributed by atoms with Gasteiger partial charge in [0, 0.05) is 46.2 Å². The first-order valence-electron chi connectivity index (χ1n) is 11.4. The number of carbonyl (C=O) groups is 1. The number of ether oxygens (including phenoxy) is 1.